The summed E-state index contributed by atoms with van der Waals surface area (Å²) in [6.45, 7) is 5.49. The summed E-state index contributed by atoms with van der Waals surface area (Å²) in [4.78, 5) is 24.3. The summed E-state index contributed by atoms with van der Waals surface area (Å²) in [6.07, 6.45) is 1.00. The molecule has 2 aromatic rings. The van der Waals surface area contributed by atoms with E-state index in [1.54, 1.807) is 0 Å². The van der Waals surface area contributed by atoms with Gasteiger partial charge in [0.1, 0.15) is 11.4 Å². The molecule has 0 bridgehead atoms. The largest absolute Gasteiger partial charge is 0.444 e. The lowest BCUT2D eigenvalue weighted by atomic mass is 9.83. The van der Waals surface area contributed by atoms with Gasteiger partial charge in [-0.15, -0.1) is 0 Å². The second kappa shape index (κ2) is 7.32. The zero-order valence-electron chi connectivity index (χ0n) is 15.5. The molecule has 4 heteroatoms. The standard InChI is InChI=1S/C22H25NO3/c1-22(2,3)26-21(25)23-17-11-9-15(10-12-17)18-13-14-19(24)20(18)16-7-5-4-6-8-16/h4-12,18,20H,13-14H2,1-3H3,(H,23,25). The summed E-state index contributed by atoms with van der Waals surface area (Å²) in [5, 5.41) is 2.74. The Morgan fingerprint density at radius 2 is 1.65 bits per heavy atom. The summed E-state index contributed by atoms with van der Waals surface area (Å²) < 4.78 is 5.27. The Labute approximate surface area is 154 Å². The highest BCUT2D eigenvalue weighted by Gasteiger charge is 2.36. The van der Waals surface area contributed by atoms with Gasteiger partial charge in [0.15, 0.2) is 0 Å². The number of carbonyl (C=O) groups is 2. The molecule has 1 fully saturated rings. The van der Waals surface area contributed by atoms with Crippen LogP contribution in [-0.4, -0.2) is 17.5 Å². The highest BCUT2D eigenvalue weighted by Crippen LogP contribution is 2.43. The van der Waals surface area contributed by atoms with Crippen molar-refractivity contribution in [2.24, 2.45) is 0 Å². The van der Waals surface area contributed by atoms with Crippen molar-refractivity contribution in [2.45, 2.75) is 51.0 Å². The maximum absolute atomic E-state index is 12.4. The van der Waals surface area contributed by atoms with Crippen LogP contribution in [0.15, 0.2) is 54.6 Å². The van der Waals surface area contributed by atoms with Crippen LogP contribution >= 0.6 is 0 Å². The molecular weight excluding hydrogens is 326 g/mol. The number of rotatable bonds is 3. The van der Waals surface area contributed by atoms with Gasteiger partial charge in [-0.2, -0.15) is 0 Å². The quantitative estimate of drug-likeness (QED) is 0.820. The Hall–Kier alpha value is -2.62. The van der Waals surface area contributed by atoms with E-state index in [-0.39, 0.29) is 11.8 Å². The van der Waals surface area contributed by atoms with Crippen molar-refractivity contribution in [1.82, 2.24) is 0 Å². The summed E-state index contributed by atoms with van der Waals surface area (Å²) in [7, 11) is 0. The van der Waals surface area contributed by atoms with Gasteiger partial charge in [-0.05, 0) is 56.4 Å². The molecule has 0 aliphatic heterocycles. The molecule has 2 unspecified atom stereocenters. The number of ketones is 1. The first-order chi connectivity index (χ1) is 12.3. The lowest BCUT2D eigenvalue weighted by Crippen LogP contribution is -2.27. The second-order valence-electron chi connectivity index (χ2n) is 7.75. The number of amides is 1. The second-order valence-corrected chi connectivity index (χ2v) is 7.75. The van der Waals surface area contributed by atoms with Gasteiger partial charge in [-0.25, -0.2) is 4.79 Å². The molecule has 0 aromatic heterocycles. The highest BCUT2D eigenvalue weighted by atomic mass is 16.6. The number of benzene rings is 2. The average molecular weight is 351 g/mol. The van der Waals surface area contributed by atoms with Gasteiger partial charge in [0, 0.05) is 18.0 Å². The predicted octanol–water partition coefficient (Wildman–Crippen LogP) is 5.26. The molecule has 1 aliphatic rings. The number of Topliss-reactive ketones (excluding diaryl/α,β-unsaturated/α-hetero) is 1. The monoisotopic (exact) mass is 351 g/mol. The lowest BCUT2D eigenvalue weighted by molar-refractivity contribution is -0.118. The van der Waals surface area contributed by atoms with Gasteiger partial charge >= 0.3 is 6.09 Å². The molecular formula is C22H25NO3. The fourth-order valence-corrected chi connectivity index (χ4v) is 3.52. The highest BCUT2D eigenvalue weighted by molar-refractivity contribution is 5.89. The van der Waals surface area contributed by atoms with Gasteiger partial charge in [0.2, 0.25) is 0 Å². The number of hydrogen-bond donors (Lipinski definition) is 1. The maximum atomic E-state index is 12.4. The molecule has 0 spiro atoms. The van der Waals surface area contributed by atoms with Crippen molar-refractivity contribution >= 4 is 17.6 Å². The predicted molar refractivity (Wildman–Crippen MR) is 102 cm³/mol. The van der Waals surface area contributed by atoms with E-state index in [0.717, 1.165) is 17.5 Å². The summed E-state index contributed by atoms with van der Waals surface area (Å²) in [5.41, 5.74) is 2.36. The van der Waals surface area contributed by atoms with Crippen LogP contribution in [0.3, 0.4) is 0 Å². The number of hydrogen-bond acceptors (Lipinski definition) is 3. The van der Waals surface area contributed by atoms with E-state index in [2.05, 4.69) is 5.32 Å². The first-order valence-corrected chi connectivity index (χ1v) is 9.01. The molecule has 1 saturated carbocycles. The van der Waals surface area contributed by atoms with Crippen molar-refractivity contribution in [1.29, 1.82) is 0 Å². The zero-order chi connectivity index (χ0) is 18.7. The third kappa shape index (κ3) is 4.31. The van der Waals surface area contributed by atoms with E-state index in [0.29, 0.717) is 17.9 Å². The topological polar surface area (TPSA) is 55.4 Å². The minimum Gasteiger partial charge on any atom is -0.444 e. The van der Waals surface area contributed by atoms with Crippen molar-refractivity contribution in [3.63, 3.8) is 0 Å². The van der Waals surface area contributed by atoms with E-state index in [9.17, 15) is 9.59 Å². The van der Waals surface area contributed by atoms with E-state index >= 15 is 0 Å². The third-order valence-corrected chi connectivity index (χ3v) is 4.59. The van der Waals surface area contributed by atoms with Crippen LogP contribution in [-0.2, 0) is 9.53 Å². The van der Waals surface area contributed by atoms with Crippen LogP contribution in [0.2, 0.25) is 0 Å². The summed E-state index contributed by atoms with van der Waals surface area (Å²) in [5.74, 6) is 0.401. The molecule has 0 heterocycles. The average Bonchev–Trinajstić information content (AvgIpc) is 2.96. The number of nitrogens with one attached hydrogen (secondary N) is 1. The van der Waals surface area contributed by atoms with E-state index < -0.39 is 11.7 Å². The molecule has 0 radical (unpaired) electrons. The summed E-state index contributed by atoms with van der Waals surface area (Å²) in [6, 6.07) is 17.7. The molecule has 1 N–H and O–H groups in total. The molecule has 1 amide bonds. The number of anilines is 1. The van der Waals surface area contributed by atoms with E-state index in [1.165, 1.54) is 0 Å². The van der Waals surface area contributed by atoms with Crippen LogP contribution in [0.25, 0.3) is 0 Å². The molecule has 3 rings (SSSR count). The van der Waals surface area contributed by atoms with Gasteiger partial charge in [0.05, 0.1) is 0 Å². The lowest BCUT2D eigenvalue weighted by Gasteiger charge is -2.21. The van der Waals surface area contributed by atoms with Crippen LogP contribution in [0, 0.1) is 0 Å². The third-order valence-electron chi connectivity index (χ3n) is 4.59. The first kappa shape index (κ1) is 18.2. The Bertz CT molecular complexity index is 775. The molecule has 4 nitrogen and oxygen atoms in total. The first-order valence-electron chi connectivity index (χ1n) is 9.01. The SMILES string of the molecule is CC(C)(C)OC(=O)Nc1ccc(C2CCC(=O)C2c2ccccc2)cc1. The Morgan fingerprint density at radius 3 is 2.27 bits per heavy atom. The van der Waals surface area contributed by atoms with Crippen molar-refractivity contribution < 1.29 is 14.3 Å². The van der Waals surface area contributed by atoms with E-state index in [1.807, 2.05) is 75.4 Å². The smallest absolute Gasteiger partial charge is 0.412 e. The Morgan fingerprint density at radius 1 is 1.00 bits per heavy atom. The minimum absolute atomic E-state index is 0.0825. The minimum atomic E-state index is -0.531. The van der Waals surface area contributed by atoms with Crippen molar-refractivity contribution in [3.05, 3.63) is 65.7 Å². The molecule has 0 saturated heterocycles. The zero-order valence-corrected chi connectivity index (χ0v) is 15.5. The van der Waals surface area contributed by atoms with Crippen LogP contribution in [0.1, 0.15) is 56.6 Å². The van der Waals surface area contributed by atoms with Gasteiger partial charge < -0.3 is 4.74 Å². The van der Waals surface area contributed by atoms with E-state index in [4.69, 9.17) is 4.74 Å². The van der Waals surface area contributed by atoms with Crippen LogP contribution < -0.4 is 5.32 Å². The number of carbonyl (C=O) groups excluding carboxylic acids is 2. The van der Waals surface area contributed by atoms with Gasteiger partial charge in [-0.1, -0.05) is 42.5 Å². The molecule has 136 valence electrons. The molecule has 1 aliphatic carbocycles. The Kier molecular flexibility index (Phi) is 5.12. The van der Waals surface area contributed by atoms with Crippen molar-refractivity contribution in [2.75, 3.05) is 5.32 Å². The molecule has 26 heavy (non-hydrogen) atoms. The van der Waals surface area contributed by atoms with Crippen LogP contribution in [0.4, 0.5) is 10.5 Å². The van der Waals surface area contributed by atoms with Crippen molar-refractivity contribution in [3.8, 4) is 0 Å². The van der Waals surface area contributed by atoms with Crippen LogP contribution in [0.5, 0.6) is 0 Å². The molecule has 2 aromatic carbocycles. The maximum Gasteiger partial charge on any atom is 0.412 e. The van der Waals surface area contributed by atoms with Gasteiger partial charge in [0.25, 0.3) is 0 Å². The molecule has 2 atom stereocenters. The fraction of sp³-hybridized carbons (Fsp3) is 0.364. The summed E-state index contributed by atoms with van der Waals surface area (Å²) >= 11 is 0. The number of ether oxygens (including phenoxy) is 1. The normalized spacial score (nSPS) is 20.0. The Balaban J connectivity index is 1.74. The van der Waals surface area contributed by atoms with Gasteiger partial charge in [-0.3, -0.25) is 10.1 Å². The fourth-order valence-electron chi connectivity index (χ4n) is 3.52.